The van der Waals surface area contributed by atoms with Gasteiger partial charge in [-0.1, -0.05) is 0 Å². The van der Waals surface area contributed by atoms with Crippen molar-refractivity contribution < 1.29 is 14.8 Å². The molecule has 1 aromatic heterocycles. The van der Waals surface area contributed by atoms with Crippen LogP contribution in [0.3, 0.4) is 0 Å². The number of nitrogens with zero attached hydrogens (tertiary/aromatic N) is 4. The van der Waals surface area contributed by atoms with Gasteiger partial charge in [0.1, 0.15) is 17.9 Å². The maximum atomic E-state index is 10.8. The zero-order chi connectivity index (χ0) is 13.2. The quantitative estimate of drug-likeness (QED) is 0.606. The van der Waals surface area contributed by atoms with Crippen molar-refractivity contribution in [3.8, 4) is 0 Å². The maximum absolute atomic E-state index is 10.8. The number of carboxylic acid groups (broad SMARTS) is 1. The van der Waals surface area contributed by atoms with Gasteiger partial charge >= 0.3 is 11.7 Å². The largest absolute Gasteiger partial charge is 0.480 e. The molecular weight excluding hydrogens is 228 g/mol. The minimum atomic E-state index is -1.02. The predicted octanol–water partition coefficient (Wildman–Crippen LogP) is 0.603. The van der Waals surface area contributed by atoms with Crippen LogP contribution in [0.4, 0.5) is 11.6 Å². The van der Waals surface area contributed by atoms with E-state index in [4.69, 9.17) is 5.11 Å². The number of likely N-dealkylation sites (N-methyl/N-ethyl adjacent to an activating group) is 1. The van der Waals surface area contributed by atoms with Gasteiger partial charge in [0.25, 0.3) is 0 Å². The number of aliphatic carboxylic acids is 1. The Bertz CT molecular complexity index is 462. The van der Waals surface area contributed by atoms with Crippen molar-refractivity contribution in [3.05, 3.63) is 22.0 Å². The molecule has 1 heterocycles. The summed E-state index contributed by atoms with van der Waals surface area (Å²) in [4.78, 5) is 29.8. The Morgan fingerprint density at radius 2 is 2.24 bits per heavy atom. The highest BCUT2D eigenvalue weighted by Gasteiger charge is 2.21. The molecule has 0 aliphatic heterocycles. The summed E-state index contributed by atoms with van der Waals surface area (Å²) in [6.07, 6.45) is 1.07. The second-order valence-corrected chi connectivity index (χ2v) is 3.52. The van der Waals surface area contributed by atoms with Gasteiger partial charge in [0.15, 0.2) is 0 Å². The lowest BCUT2D eigenvalue weighted by molar-refractivity contribution is -0.386. The van der Waals surface area contributed by atoms with Crippen molar-refractivity contribution >= 4 is 17.6 Å². The Labute approximate surface area is 97.1 Å². The fourth-order valence-electron chi connectivity index (χ4n) is 1.14. The number of rotatable bonds is 4. The molecule has 0 aromatic carbocycles. The topological polar surface area (TPSA) is 109 Å². The molecule has 1 atom stereocenters. The molecular formula is C9H12N4O4. The summed E-state index contributed by atoms with van der Waals surface area (Å²) in [5.74, 6) is -0.880. The first kappa shape index (κ1) is 12.8. The summed E-state index contributed by atoms with van der Waals surface area (Å²) >= 11 is 0. The fourth-order valence-corrected chi connectivity index (χ4v) is 1.14. The second-order valence-electron chi connectivity index (χ2n) is 3.52. The highest BCUT2D eigenvalue weighted by Crippen LogP contribution is 2.17. The number of carboxylic acids is 1. The molecule has 0 radical (unpaired) electrons. The van der Waals surface area contributed by atoms with Crippen molar-refractivity contribution in [1.29, 1.82) is 0 Å². The van der Waals surface area contributed by atoms with Crippen LogP contribution in [-0.4, -0.2) is 39.1 Å². The van der Waals surface area contributed by atoms with Crippen LogP contribution >= 0.6 is 0 Å². The molecule has 8 nitrogen and oxygen atoms in total. The molecule has 0 saturated carbocycles. The summed E-state index contributed by atoms with van der Waals surface area (Å²) in [7, 11) is 1.51. The number of aryl methyl sites for hydroxylation is 1. The molecule has 1 rings (SSSR count). The number of anilines is 1. The van der Waals surface area contributed by atoms with Crippen molar-refractivity contribution in [2.24, 2.45) is 0 Å². The third kappa shape index (κ3) is 2.65. The lowest BCUT2D eigenvalue weighted by Crippen LogP contribution is -2.37. The molecule has 1 unspecified atom stereocenters. The van der Waals surface area contributed by atoms with Gasteiger partial charge < -0.3 is 10.0 Å². The smallest absolute Gasteiger partial charge is 0.326 e. The van der Waals surface area contributed by atoms with Crippen LogP contribution in [0.2, 0.25) is 0 Å². The molecule has 0 bridgehead atoms. The first-order valence-corrected chi connectivity index (χ1v) is 4.78. The van der Waals surface area contributed by atoms with E-state index in [1.165, 1.54) is 25.8 Å². The zero-order valence-corrected chi connectivity index (χ0v) is 9.62. The fraction of sp³-hybridized carbons (Fsp3) is 0.444. The lowest BCUT2D eigenvalue weighted by atomic mass is 10.3. The number of hydrogen-bond donors (Lipinski definition) is 1. The van der Waals surface area contributed by atoms with Crippen molar-refractivity contribution in [1.82, 2.24) is 9.97 Å². The molecule has 0 amide bonds. The molecule has 0 aliphatic rings. The van der Waals surface area contributed by atoms with E-state index in [1.807, 2.05) is 0 Å². The third-order valence-corrected chi connectivity index (χ3v) is 2.39. The number of hydrogen-bond acceptors (Lipinski definition) is 6. The Kier molecular flexibility index (Phi) is 3.56. The average Bonchev–Trinajstić information content (AvgIpc) is 2.26. The van der Waals surface area contributed by atoms with Gasteiger partial charge in [0.05, 0.1) is 4.92 Å². The lowest BCUT2D eigenvalue weighted by Gasteiger charge is -2.21. The molecule has 0 fully saturated rings. The van der Waals surface area contributed by atoms with Crippen LogP contribution in [0.15, 0.2) is 6.20 Å². The van der Waals surface area contributed by atoms with E-state index in [-0.39, 0.29) is 17.3 Å². The summed E-state index contributed by atoms with van der Waals surface area (Å²) in [6, 6.07) is -0.809. The summed E-state index contributed by atoms with van der Waals surface area (Å²) in [5, 5.41) is 19.4. The van der Waals surface area contributed by atoms with E-state index in [2.05, 4.69) is 9.97 Å². The van der Waals surface area contributed by atoms with Crippen LogP contribution in [0, 0.1) is 17.0 Å². The van der Waals surface area contributed by atoms with Crippen LogP contribution < -0.4 is 4.90 Å². The Balaban J connectivity index is 3.05. The van der Waals surface area contributed by atoms with Gasteiger partial charge in [0.2, 0.25) is 5.95 Å². The minimum Gasteiger partial charge on any atom is -0.480 e. The average molecular weight is 240 g/mol. The molecule has 0 aliphatic carbocycles. The highest BCUT2D eigenvalue weighted by molar-refractivity contribution is 5.76. The van der Waals surface area contributed by atoms with E-state index in [1.54, 1.807) is 0 Å². The van der Waals surface area contributed by atoms with Gasteiger partial charge in [0, 0.05) is 7.05 Å². The van der Waals surface area contributed by atoms with Crippen molar-refractivity contribution in [2.75, 3.05) is 11.9 Å². The highest BCUT2D eigenvalue weighted by atomic mass is 16.6. The van der Waals surface area contributed by atoms with E-state index >= 15 is 0 Å². The van der Waals surface area contributed by atoms with Crippen molar-refractivity contribution in [3.63, 3.8) is 0 Å². The van der Waals surface area contributed by atoms with Crippen LogP contribution in [0.25, 0.3) is 0 Å². The molecule has 0 saturated heterocycles. The Morgan fingerprint density at radius 3 is 2.65 bits per heavy atom. The predicted molar refractivity (Wildman–Crippen MR) is 58.9 cm³/mol. The van der Waals surface area contributed by atoms with Crippen molar-refractivity contribution in [2.45, 2.75) is 19.9 Å². The van der Waals surface area contributed by atoms with E-state index < -0.39 is 16.9 Å². The molecule has 1 N–H and O–H groups in total. The van der Waals surface area contributed by atoms with Crippen LogP contribution in [-0.2, 0) is 4.79 Å². The zero-order valence-electron chi connectivity index (χ0n) is 9.62. The molecule has 17 heavy (non-hydrogen) atoms. The summed E-state index contributed by atoms with van der Waals surface area (Å²) < 4.78 is 0. The first-order chi connectivity index (χ1) is 7.84. The van der Waals surface area contributed by atoms with Gasteiger partial charge in [-0.15, -0.1) is 0 Å². The summed E-state index contributed by atoms with van der Waals surface area (Å²) in [5.41, 5.74) is 0.00886. The third-order valence-electron chi connectivity index (χ3n) is 2.39. The monoisotopic (exact) mass is 240 g/mol. The molecule has 92 valence electrons. The molecule has 0 spiro atoms. The second kappa shape index (κ2) is 4.73. The van der Waals surface area contributed by atoms with Gasteiger partial charge in [-0.3, -0.25) is 10.1 Å². The maximum Gasteiger partial charge on any atom is 0.326 e. The van der Waals surface area contributed by atoms with E-state index in [0.29, 0.717) is 0 Å². The van der Waals surface area contributed by atoms with E-state index in [0.717, 1.165) is 6.20 Å². The van der Waals surface area contributed by atoms with Gasteiger partial charge in [-0.25, -0.2) is 14.8 Å². The number of nitro groups is 1. The Hall–Kier alpha value is -2.25. The van der Waals surface area contributed by atoms with Gasteiger partial charge in [-0.05, 0) is 13.8 Å². The van der Waals surface area contributed by atoms with E-state index in [9.17, 15) is 14.9 Å². The normalized spacial score (nSPS) is 11.9. The molecule has 8 heteroatoms. The number of aromatic nitrogens is 2. The number of carbonyl (C=O) groups is 1. The van der Waals surface area contributed by atoms with Crippen LogP contribution in [0.5, 0.6) is 0 Å². The summed E-state index contributed by atoms with van der Waals surface area (Å²) in [6.45, 7) is 2.95. The minimum absolute atomic E-state index is 0.142. The molecule has 1 aromatic rings. The van der Waals surface area contributed by atoms with Gasteiger partial charge in [-0.2, -0.15) is 0 Å². The standard InChI is InChI=1S/C9H12N4O4/c1-5-7(13(16)17)4-10-9(11-5)12(3)6(2)8(14)15/h4,6H,1-3H3,(H,14,15). The van der Waals surface area contributed by atoms with Crippen LogP contribution in [0.1, 0.15) is 12.6 Å². The first-order valence-electron chi connectivity index (χ1n) is 4.78. The SMILES string of the molecule is Cc1nc(N(C)C(C)C(=O)O)ncc1[N+](=O)[O-]. The Morgan fingerprint density at radius 1 is 1.65 bits per heavy atom.